The van der Waals surface area contributed by atoms with Gasteiger partial charge in [0.2, 0.25) is 5.91 Å². The quantitative estimate of drug-likeness (QED) is 0.749. The highest BCUT2D eigenvalue weighted by Crippen LogP contribution is 2.36. The lowest BCUT2D eigenvalue weighted by Gasteiger charge is -2.38. The Kier molecular flexibility index (Phi) is 5.11. The minimum atomic E-state index is -0.328. The van der Waals surface area contributed by atoms with Gasteiger partial charge in [-0.1, -0.05) is 32.9 Å². The first-order valence-electron chi connectivity index (χ1n) is 9.91. The fourth-order valence-corrected chi connectivity index (χ4v) is 3.46. The first-order chi connectivity index (χ1) is 12.4. The lowest BCUT2D eigenvalue weighted by Crippen LogP contribution is -2.51. The summed E-state index contributed by atoms with van der Waals surface area (Å²) in [5.74, 6) is 0.234. The van der Waals surface area contributed by atoms with Gasteiger partial charge in [-0.2, -0.15) is 0 Å². The molecule has 2 saturated heterocycles. The van der Waals surface area contributed by atoms with E-state index < -0.39 is 0 Å². The molecular weight excluding hydrogens is 339 g/mol. The zero-order valence-corrected chi connectivity index (χ0v) is 17.8. The van der Waals surface area contributed by atoms with Gasteiger partial charge in [0.15, 0.2) is 0 Å². The van der Waals surface area contributed by atoms with Gasteiger partial charge in [0.1, 0.15) is 0 Å². The van der Waals surface area contributed by atoms with Gasteiger partial charge in [-0.25, -0.2) is 0 Å². The van der Waals surface area contributed by atoms with Crippen LogP contribution < -0.4 is 10.4 Å². The number of hydrogen-bond acceptors (Lipinski definition) is 4. The standard InChI is InChI=1S/C21H33BN2O3/c1-19(2,3)18(25)24-14-12-23(13-15-24)17-10-8-16(9-11-17)22-26-20(4,5)21(6,7)27-22/h8-11H,12-15H2,1-7H3. The van der Waals surface area contributed by atoms with Gasteiger partial charge in [0, 0.05) is 37.3 Å². The highest BCUT2D eigenvalue weighted by atomic mass is 16.7. The van der Waals surface area contributed by atoms with Crippen molar-refractivity contribution in [2.45, 2.75) is 59.7 Å². The van der Waals surface area contributed by atoms with E-state index in [9.17, 15) is 4.79 Å². The van der Waals surface area contributed by atoms with Crippen molar-refractivity contribution in [1.82, 2.24) is 4.90 Å². The Balaban J connectivity index is 1.62. The molecule has 0 atom stereocenters. The average molecular weight is 372 g/mol. The van der Waals surface area contributed by atoms with Crippen LogP contribution in [0.2, 0.25) is 0 Å². The molecule has 0 bridgehead atoms. The van der Waals surface area contributed by atoms with Crippen molar-refractivity contribution in [3.63, 3.8) is 0 Å². The summed E-state index contributed by atoms with van der Waals surface area (Å²) in [7, 11) is -0.328. The van der Waals surface area contributed by atoms with Crippen LogP contribution in [0.4, 0.5) is 5.69 Å². The second-order valence-electron chi connectivity index (χ2n) is 9.71. The number of piperazine rings is 1. The molecule has 27 heavy (non-hydrogen) atoms. The van der Waals surface area contributed by atoms with Crippen molar-refractivity contribution in [1.29, 1.82) is 0 Å². The number of nitrogens with zero attached hydrogens (tertiary/aromatic N) is 2. The number of carbonyl (C=O) groups is 1. The molecule has 2 aliphatic heterocycles. The number of hydrogen-bond donors (Lipinski definition) is 0. The second kappa shape index (κ2) is 6.82. The molecule has 0 aromatic heterocycles. The van der Waals surface area contributed by atoms with Crippen molar-refractivity contribution in [2.24, 2.45) is 5.41 Å². The first kappa shape index (κ1) is 20.2. The summed E-state index contributed by atoms with van der Waals surface area (Å²) in [6.07, 6.45) is 0. The molecule has 5 nitrogen and oxygen atoms in total. The molecule has 0 spiro atoms. The lowest BCUT2D eigenvalue weighted by molar-refractivity contribution is -0.139. The highest BCUT2D eigenvalue weighted by molar-refractivity contribution is 6.62. The maximum atomic E-state index is 12.4. The predicted octanol–water partition coefficient (Wildman–Crippen LogP) is 2.68. The molecule has 3 rings (SSSR count). The van der Waals surface area contributed by atoms with Crippen LogP contribution in [0.5, 0.6) is 0 Å². The summed E-state index contributed by atoms with van der Waals surface area (Å²) >= 11 is 0. The summed E-state index contributed by atoms with van der Waals surface area (Å²) in [4.78, 5) is 16.8. The van der Waals surface area contributed by atoms with Gasteiger partial charge < -0.3 is 19.1 Å². The third-order valence-electron chi connectivity index (χ3n) is 5.99. The number of benzene rings is 1. The van der Waals surface area contributed by atoms with Crippen LogP contribution >= 0.6 is 0 Å². The van der Waals surface area contributed by atoms with Crippen LogP contribution in [0.1, 0.15) is 48.5 Å². The molecule has 2 fully saturated rings. The Morgan fingerprint density at radius 1 is 0.926 bits per heavy atom. The second-order valence-corrected chi connectivity index (χ2v) is 9.71. The summed E-state index contributed by atoms with van der Waals surface area (Å²) in [6, 6.07) is 8.43. The molecule has 2 aliphatic rings. The molecular formula is C21H33BN2O3. The molecule has 1 aromatic rings. The molecule has 0 aliphatic carbocycles. The lowest BCUT2D eigenvalue weighted by atomic mass is 9.79. The molecule has 0 saturated carbocycles. The van der Waals surface area contributed by atoms with Gasteiger partial charge in [-0.3, -0.25) is 4.79 Å². The van der Waals surface area contributed by atoms with Crippen LogP contribution in [0.25, 0.3) is 0 Å². The van der Waals surface area contributed by atoms with Crippen molar-refractivity contribution < 1.29 is 14.1 Å². The normalized spacial score (nSPS) is 22.3. The Bertz CT molecular complexity index is 670. The SMILES string of the molecule is CC(C)(C)C(=O)N1CCN(c2ccc(B3OC(C)(C)C(C)(C)O3)cc2)CC1. The van der Waals surface area contributed by atoms with Crippen LogP contribution in [0, 0.1) is 5.41 Å². The van der Waals surface area contributed by atoms with Crippen molar-refractivity contribution in [2.75, 3.05) is 31.1 Å². The molecule has 0 unspecified atom stereocenters. The highest BCUT2D eigenvalue weighted by Gasteiger charge is 2.51. The Labute approximate surface area is 164 Å². The molecule has 6 heteroatoms. The first-order valence-corrected chi connectivity index (χ1v) is 9.91. The van der Waals surface area contributed by atoms with Crippen molar-refractivity contribution in [3.8, 4) is 0 Å². The van der Waals surface area contributed by atoms with E-state index >= 15 is 0 Å². The van der Waals surface area contributed by atoms with Crippen molar-refractivity contribution in [3.05, 3.63) is 24.3 Å². The zero-order valence-electron chi connectivity index (χ0n) is 17.8. The minimum Gasteiger partial charge on any atom is -0.399 e. The molecule has 1 amide bonds. The fraction of sp³-hybridized carbons (Fsp3) is 0.667. The molecule has 0 radical (unpaired) electrons. The Morgan fingerprint density at radius 3 is 1.85 bits per heavy atom. The number of anilines is 1. The smallest absolute Gasteiger partial charge is 0.399 e. The van der Waals surface area contributed by atoms with Crippen LogP contribution in [-0.2, 0) is 14.1 Å². The molecule has 2 heterocycles. The Hall–Kier alpha value is -1.53. The molecule has 1 aromatic carbocycles. The van der Waals surface area contributed by atoms with Gasteiger partial charge in [0.05, 0.1) is 11.2 Å². The van der Waals surface area contributed by atoms with E-state index in [1.807, 2.05) is 25.7 Å². The maximum Gasteiger partial charge on any atom is 0.494 e. The van der Waals surface area contributed by atoms with E-state index in [2.05, 4.69) is 56.9 Å². The van der Waals surface area contributed by atoms with Gasteiger partial charge in [0.25, 0.3) is 0 Å². The van der Waals surface area contributed by atoms with E-state index in [1.54, 1.807) is 0 Å². The topological polar surface area (TPSA) is 42.0 Å². The minimum absolute atomic E-state index is 0.234. The molecule has 0 N–H and O–H groups in total. The average Bonchev–Trinajstić information content (AvgIpc) is 2.81. The largest absolute Gasteiger partial charge is 0.494 e. The zero-order chi connectivity index (χ0) is 20.0. The summed E-state index contributed by atoms with van der Waals surface area (Å²) in [5, 5.41) is 0. The third kappa shape index (κ3) is 4.02. The van der Waals surface area contributed by atoms with Gasteiger partial charge >= 0.3 is 7.12 Å². The maximum absolute atomic E-state index is 12.4. The van der Waals surface area contributed by atoms with Crippen LogP contribution in [0.15, 0.2) is 24.3 Å². The van der Waals surface area contributed by atoms with E-state index in [-0.39, 0.29) is 29.6 Å². The number of rotatable bonds is 2. The summed E-state index contributed by atoms with van der Waals surface area (Å²) < 4.78 is 12.3. The monoisotopic (exact) mass is 372 g/mol. The predicted molar refractivity (Wildman–Crippen MR) is 110 cm³/mol. The van der Waals surface area contributed by atoms with E-state index in [0.29, 0.717) is 0 Å². The number of amides is 1. The number of carbonyl (C=O) groups excluding carboxylic acids is 1. The van der Waals surface area contributed by atoms with Crippen molar-refractivity contribution >= 4 is 24.2 Å². The summed E-state index contributed by atoms with van der Waals surface area (Å²) in [6.45, 7) is 17.5. The Morgan fingerprint density at radius 2 is 1.41 bits per heavy atom. The van der Waals surface area contributed by atoms with Gasteiger partial charge in [-0.05, 0) is 45.3 Å². The molecule has 148 valence electrons. The third-order valence-corrected chi connectivity index (χ3v) is 5.99. The fourth-order valence-electron chi connectivity index (χ4n) is 3.46. The van der Waals surface area contributed by atoms with E-state index in [1.165, 1.54) is 5.69 Å². The van der Waals surface area contributed by atoms with E-state index in [0.717, 1.165) is 31.6 Å². The summed E-state index contributed by atoms with van der Waals surface area (Å²) in [5.41, 5.74) is 1.25. The van der Waals surface area contributed by atoms with Crippen LogP contribution in [0.3, 0.4) is 0 Å². The van der Waals surface area contributed by atoms with Crippen LogP contribution in [-0.4, -0.2) is 55.3 Å². The van der Waals surface area contributed by atoms with Gasteiger partial charge in [-0.15, -0.1) is 0 Å². The van der Waals surface area contributed by atoms with E-state index in [4.69, 9.17) is 9.31 Å².